The van der Waals surface area contributed by atoms with Gasteiger partial charge in [0.25, 0.3) is 0 Å². The van der Waals surface area contributed by atoms with Crippen LogP contribution in [0.15, 0.2) is 91.0 Å². The first-order chi connectivity index (χ1) is 13.7. The average Bonchev–Trinajstić information content (AvgIpc) is 2.75. The smallest absolute Gasteiger partial charge is 0.217 e. The fraction of sp³-hybridized carbons (Fsp3) is 0.115. The second-order valence-corrected chi connectivity index (χ2v) is 6.94. The zero-order valence-corrected chi connectivity index (χ0v) is 16.2. The van der Waals surface area contributed by atoms with E-state index in [4.69, 9.17) is 9.72 Å². The van der Waals surface area contributed by atoms with Crippen molar-refractivity contribution in [2.45, 2.75) is 20.5 Å². The summed E-state index contributed by atoms with van der Waals surface area (Å²) in [5.74, 6) is 0.684. The monoisotopic (exact) mass is 365 g/mol. The Hall–Kier alpha value is -3.39. The Morgan fingerprint density at radius 1 is 0.714 bits per heavy atom. The number of hydrogen-bond acceptors (Lipinski definition) is 2. The number of aryl methyl sites for hydroxylation is 1. The molecule has 138 valence electrons. The third kappa shape index (κ3) is 3.81. The van der Waals surface area contributed by atoms with Gasteiger partial charge in [-0.05, 0) is 42.2 Å². The second-order valence-electron chi connectivity index (χ2n) is 6.94. The predicted octanol–water partition coefficient (Wildman–Crippen LogP) is 6.61. The number of hydrogen-bond donors (Lipinski definition) is 0. The van der Waals surface area contributed by atoms with Crippen LogP contribution in [-0.2, 0) is 6.61 Å². The van der Waals surface area contributed by atoms with Crippen LogP contribution in [0.25, 0.3) is 22.4 Å². The van der Waals surface area contributed by atoms with Crippen LogP contribution in [0.1, 0.15) is 16.7 Å². The summed E-state index contributed by atoms with van der Waals surface area (Å²) in [5.41, 5.74) is 7.81. The van der Waals surface area contributed by atoms with E-state index in [1.807, 2.05) is 36.4 Å². The van der Waals surface area contributed by atoms with Crippen molar-refractivity contribution < 1.29 is 4.74 Å². The molecule has 2 nitrogen and oxygen atoms in total. The largest absolute Gasteiger partial charge is 0.473 e. The Balaban J connectivity index is 1.80. The number of rotatable bonds is 5. The fourth-order valence-corrected chi connectivity index (χ4v) is 3.36. The summed E-state index contributed by atoms with van der Waals surface area (Å²) in [4.78, 5) is 4.85. The van der Waals surface area contributed by atoms with Crippen LogP contribution in [0.3, 0.4) is 0 Å². The maximum absolute atomic E-state index is 6.18. The Morgan fingerprint density at radius 3 is 2.07 bits per heavy atom. The lowest BCUT2D eigenvalue weighted by Crippen LogP contribution is -2.02. The van der Waals surface area contributed by atoms with E-state index in [1.165, 1.54) is 11.1 Å². The van der Waals surface area contributed by atoms with Crippen molar-refractivity contribution in [2.75, 3.05) is 0 Å². The van der Waals surface area contributed by atoms with E-state index in [-0.39, 0.29) is 0 Å². The topological polar surface area (TPSA) is 22.1 Å². The maximum atomic E-state index is 6.18. The average molecular weight is 365 g/mol. The van der Waals surface area contributed by atoms with Gasteiger partial charge in [-0.3, -0.25) is 0 Å². The molecule has 0 N–H and O–H groups in total. The Kier molecular flexibility index (Phi) is 5.20. The summed E-state index contributed by atoms with van der Waals surface area (Å²) in [7, 11) is 0. The zero-order chi connectivity index (χ0) is 19.3. The molecule has 0 fully saturated rings. The van der Waals surface area contributed by atoms with E-state index in [9.17, 15) is 0 Å². The molecule has 3 aromatic carbocycles. The van der Waals surface area contributed by atoms with E-state index < -0.39 is 0 Å². The van der Waals surface area contributed by atoms with Crippen molar-refractivity contribution in [1.82, 2.24) is 4.98 Å². The minimum absolute atomic E-state index is 0.500. The molecule has 4 rings (SSSR count). The quantitative estimate of drug-likeness (QED) is 0.397. The molecule has 0 bridgehead atoms. The molecule has 0 aliphatic heterocycles. The molecule has 28 heavy (non-hydrogen) atoms. The van der Waals surface area contributed by atoms with Gasteiger partial charge < -0.3 is 4.74 Å². The molecule has 1 heterocycles. The highest BCUT2D eigenvalue weighted by molar-refractivity contribution is 5.76. The van der Waals surface area contributed by atoms with E-state index >= 15 is 0 Å². The van der Waals surface area contributed by atoms with Crippen LogP contribution < -0.4 is 4.74 Å². The Morgan fingerprint density at radius 2 is 1.36 bits per heavy atom. The zero-order valence-electron chi connectivity index (χ0n) is 16.2. The van der Waals surface area contributed by atoms with E-state index in [0.29, 0.717) is 12.5 Å². The van der Waals surface area contributed by atoms with Gasteiger partial charge in [-0.25, -0.2) is 4.98 Å². The Labute approximate surface area is 166 Å². The van der Waals surface area contributed by atoms with Crippen LogP contribution in [0.5, 0.6) is 5.88 Å². The van der Waals surface area contributed by atoms with E-state index in [1.54, 1.807) is 0 Å². The highest BCUT2D eigenvalue weighted by Crippen LogP contribution is 2.35. The summed E-state index contributed by atoms with van der Waals surface area (Å²) in [6, 6.07) is 31.1. The standard InChI is InChI=1S/C26H23NO/c1-19-11-9-10-16-23(19)24-17-25(22-14-7-4-8-15-22)27-26(20(24)2)28-18-21-12-5-3-6-13-21/h3-17H,18H2,1-2H3. The van der Waals surface area contributed by atoms with Gasteiger partial charge in [-0.1, -0.05) is 84.9 Å². The Bertz CT molecular complexity index is 1070. The molecule has 0 spiro atoms. The molecule has 0 radical (unpaired) electrons. The van der Waals surface area contributed by atoms with Gasteiger partial charge in [0.2, 0.25) is 5.88 Å². The summed E-state index contributed by atoms with van der Waals surface area (Å²) in [6.45, 7) is 4.73. The lowest BCUT2D eigenvalue weighted by atomic mass is 9.96. The lowest BCUT2D eigenvalue weighted by molar-refractivity contribution is 0.292. The molecule has 0 saturated heterocycles. The number of aromatic nitrogens is 1. The third-order valence-electron chi connectivity index (χ3n) is 4.95. The van der Waals surface area contributed by atoms with Crippen molar-refractivity contribution in [3.05, 3.63) is 108 Å². The third-order valence-corrected chi connectivity index (χ3v) is 4.95. The molecule has 0 unspecified atom stereocenters. The summed E-state index contributed by atoms with van der Waals surface area (Å²) in [6.07, 6.45) is 0. The second kappa shape index (κ2) is 8.10. The van der Waals surface area contributed by atoms with Crippen molar-refractivity contribution >= 4 is 0 Å². The molecular formula is C26H23NO. The van der Waals surface area contributed by atoms with Crippen LogP contribution in [0, 0.1) is 13.8 Å². The van der Waals surface area contributed by atoms with E-state index in [2.05, 4.69) is 68.4 Å². The van der Waals surface area contributed by atoms with Crippen molar-refractivity contribution in [2.24, 2.45) is 0 Å². The fourth-order valence-electron chi connectivity index (χ4n) is 3.36. The predicted molar refractivity (Wildman–Crippen MR) is 115 cm³/mol. The SMILES string of the molecule is Cc1ccccc1-c1cc(-c2ccccc2)nc(OCc2ccccc2)c1C. The molecule has 0 amide bonds. The van der Waals surface area contributed by atoms with Crippen molar-refractivity contribution in [3.63, 3.8) is 0 Å². The van der Waals surface area contributed by atoms with Gasteiger partial charge >= 0.3 is 0 Å². The number of benzene rings is 3. The minimum atomic E-state index is 0.500. The van der Waals surface area contributed by atoms with Gasteiger partial charge in [0.15, 0.2) is 0 Å². The van der Waals surface area contributed by atoms with Gasteiger partial charge in [0, 0.05) is 11.1 Å². The highest BCUT2D eigenvalue weighted by atomic mass is 16.5. The van der Waals surface area contributed by atoms with Gasteiger partial charge in [-0.15, -0.1) is 0 Å². The lowest BCUT2D eigenvalue weighted by Gasteiger charge is -2.16. The van der Waals surface area contributed by atoms with Crippen LogP contribution >= 0.6 is 0 Å². The molecule has 0 saturated carbocycles. The highest BCUT2D eigenvalue weighted by Gasteiger charge is 2.14. The first-order valence-corrected chi connectivity index (χ1v) is 9.52. The van der Waals surface area contributed by atoms with Crippen molar-refractivity contribution in [3.8, 4) is 28.3 Å². The number of nitrogens with zero attached hydrogens (tertiary/aromatic N) is 1. The van der Waals surface area contributed by atoms with Crippen LogP contribution in [0.2, 0.25) is 0 Å². The molecule has 4 aromatic rings. The number of pyridine rings is 1. The molecule has 1 aromatic heterocycles. The normalized spacial score (nSPS) is 10.6. The van der Waals surface area contributed by atoms with Crippen LogP contribution in [-0.4, -0.2) is 4.98 Å². The first kappa shape index (κ1) is 18.0. The summed E-state index contributed by atoms with van der Waals surface area (Å²) in [5, 5.41) is 0. The summed E-state index contributed by atoms with van der Waals surface area (Å²) < 4.78 is 6.18. The van der Waals surface area contributed by atoms with Gasteiger partial charge in [0.05, 0.1) is 5.69 Å². The van der Waals surface area contributed by atoms with Crippen molar-refractivity contribution in [1.29, 1.82) is 0 Å². The molecule has 0 aliphatic carbocycles. The van der Waals surface area contributed by atoms with Crippen LogP contribution in [0.4, 0.5) is 0 Å². The molecule has 0 aliphatic rings. The molecule has 0 atom stereocenters. The van der Waals surface area contributed by atoms with Gasteiger partial charge in [-0.2, -0.15) is 0 Å². The molecular weight excluding hydrogens is 342 g/mol. The number of ether oxygens (including phenoxy) is 1. The van der Waals surface area contributed by atoms with E-state index in [0.717, 1.165) is 27.9 Å². The first-order valence-electron chi connectivity index (χ1n) is 9.52. The maximum Gasteiger partial charge on any atom is 0.217 e. The van der Waals surface area contributed by atoms with Gasteiger partial charge in [0.1, 0.15) is 6.61 Å². The minimum Gasteiger partial charge on any atom is -0.473 e. The molecule has 2 heteroatoms. The summed E-state index contributed by atoms with van der Waals surface area (Å²) >= 11 is 0.